The van der Waals surface area contributed by atoms with Crippen molar-refractivity contribution in [2.75, 3.05) is 28.7 Å². The number of H-pyrrole nitrogens is 1. The van der Waals surface area contributed by atoms with Crippen molar-refractivity contribution in [1.82, 2.24) is 9.97 Å². The molecule has 0 atom stereocenters. The number of ether oxygens (including phenoxy) is 1. The molecule has 0 unspecified atom stereocenters. The molecule has 0 spiro atoms. The molecule has 1 aliphatic rings. The minimum Gasteiger partial charge on any atom is -0.465 e. The van der Waals surface area contributed by atoms with Crippen LogP contribution in [0.15, 0.2) is 73.1 Å². The van der Waals surface area contributed by atoms with E-state index in [0.717, 1.165) is 0 Å². The fourth-order valence-corrected chi connectivity index (χ4v) is 4.31. The lowest BCUT2D eigenvalue weighted by Crippen LogP contribution is -2.25. The Kier molecular flexibility index (Phi) is 7.22. The van der Waals surface area contributed by atoms with E-state index >= 15 is 0 Å². The number of anilines is 3. The second kappa shape index (κ2) is 11.1. The van der Waals surface area contributed by atoms with Gasteiger partial charge in [0.05, 0.1) is 30.0 Å². The molecule has 4 N–H and O–H groups in total. The summed E-state index contributed by atoms with van der Waals surface area (Å²) in [6.45, 7) is 0.335. The van der Waals surface area contributed by atoms with Crippen LogP contribution in [-0.4, -0.2) is 52.1 Å². The number of carbonyl (C=O) groups is 4. The minimum absolute atomic E-state index is 0.0336. The van der Waals surface area contributed by atoms with Crippen LogP contribution in [0, 0.1) is 5.82 Å². The molecule has 1 aliphatic heterocycles. The van der Waals surface area contributed by atoms with Crippen LogP contribution in [0.1, 0.15) is 16.8 Å². The molecule has 1 aromatic heterocycles. The van der Waals surface area contributed by atoms with Crippen molar-refractivity contribution in [2.24, 2.45) is 0 Å². The van der Waals surface area contributed by atoms with Crippen LogP contribution in [0.4, 0.5) is 31.0 Å². The van der Waals surface area contributed by atoms with Crippen LogP contribution >= 0.6 is 0 Å². The number of aromatic nitrogens is 2. The number of ketones is 1. The van der Waals surface area contributed by atoms with Crippen molar-refractivity contribution < 1.29 is 33.4 Å². The van der Waals surface area contributed by atoms with Gasteiger partial charge in [-0.1, -0.05) is 30.3 Å². The number of benzene rings is 3. The van der Waals surface area contributed by atoms with Gasteiger partial charge in [0.25, 0.3) is 0 Å². The highest BCUT2D eigenvalue weighted by atomic mass is 19.1. The second-order valence-electron chi connectivity index (χ2n) is 8.78. The first-order valence-corrected chi connectivity index (χ1v) is 12.1. The summed E-state index contributed by atoms with van der Waals surface area (Å²) >= 11 is 0. The molecule has 0 saturated carbocycles. The van der Waals surface area contributed by atoms with Gasteiger partial charge in [-0.15, -0.1) is 0 Å². The third kappa shape index (κ3) is 5.65. The van der Waals surface area contributed by atoms with E-state index in [4.69, 9.17) is 4.74 Å². The zero-order valence-corrected chi connectivity index (χ0v) is 20.8. The van der Waals surface area contributed by atoms with Gasteiger partial charge < -0.3 is 20.1 Å². The molecule has 12 heteroatoms. The fourth-order valence-electron chi connectivity index (χ4n) is 4.31. The summed E-state index contributed by atoms with van der Waals surface area (Å²) in [5.74, 6) is -1.06. The van der Waals surface area contributed by atoms with E-state index in [1.165, 1.54) is 41.3 Å². The Labute approximate surface area is 226 Å². The van der Waals surface area contributed by atoms with Gasteiger partial charge in [0, 0.05) is 29.1 Å². The predicted octanol–water partition coefficient (Wildman–Crippen LogP) is 5.14. The molecule has 1 fully saturated rings. The molecule has 40 heavy (non-hydrogen) atoms. The molecule has 11 nitrogen and oxygen atoms in total. The summed E-state index contributed by atoms with van der Waals surface area (Å²) in [4.78, 5) is 58.2. The Morgan fingerprint density at radius 3 is 2.48 bits per heavy atom. The molecule has 0 aliphatic carbocycles. The fraction of sp³-hybridized carbons (Fsp3) is 0.107. The monoisotopic (exact) mass is 543 g/mol. The van der Waals surface area contributed by atoms with Crippen molar-refractivity contribution in [3.05, 3.63) is 84.4 Å². The average molecular weight is 544 g/mol. The van der Waals surface area contributed by atoms with Gasteiger partial charge in [-0.3, -0.25) is 19.8 Å². The zero-order valence-electron chi connectivity index (χ0n) is 20.8. The summed E-state index contributed by atoms with van der Waals surface area (Å²) in [5.41, 5.74) is 2.17. The molecule has 0 radical (unpaired) electrons. The highest BCUT2D eigenvalue weighted by Gasteiger charge is 2.28. The van der Waals surface area contributed by atoms with Crippen LogP contribution in [-0.2, 0) is 9.53 Å². The number of nitrogens with zero attached hydrogens (tertiary/aromatic N) is 2. The highest BCUT2D eigenvalue weighted by molar-refractivity contribution is 6.13. The number of amides is 3. The average Bonchev–Trinajstić information content (AvgIpc) is 3.62. The van der Waals surface area contributed by atoms with Gasteiger partial charge in [0.1, 0.15) is 18.2 Å². The van der Waals surface area contributed by atoms with Crippen molar-refractivity contribution in [2.45, 2.75) is 6.42 Å². The van der Waals surface area contributed by atoms with Crippen molar-refractivity contribution in [3.63, 3.8) is 0 Å². The van der Waals surface area contributed by atoms with Gasteiger partial charge in [-0.25, -0.2) is 19.0 Å². The van der Waals surface area contributed by atoms with Gasteiger partial charge in [0.15, 0.2) is 5.78 Å². The van der Waals surface area contributed by atoms with Crippen LogP contribution in [0.25, 0.3) is 22.5 Å². The topological polar surface area (TPSA) is 154 Å². The lowest BCUT2D eigenvalue weighted by molar-refractivity contribution is -0.115. The summed E-state index contributed by atoms with van der Waals surface area (Å²) in [6.07, 6.45) is 0.658. The van der Waals surface area contributed by atoms with E-state index in [0.29, 0.717) is 33.8 Å². The van der Waals surface area contributed by atoms with E-state index in [1.807, 2.05) is 0 Å². The number of nitrogens with one attached hydrogen (secondary N) is 3. The summed E-state index contributed by atoms with van der Waals surface area (Å²) in [6, 6.07) is 14.9. The molecule has 3 aromatic carbocycles. The Hall–Kier alpha value is -5.52. The number of rotatable bonds is 8. The second-order valence-corrected chi connectivity index (χ2v) is 8.78. The summed E-state index contributed by atoms with van der Waals surface area (Å²) in [7, 11) is 0. The third-order valence-electron chi connectivity index (χ3n) is 6.14. The number of aromatic amines is 1. The number of carboxylic acid groups (broad SMARTS) is 1. The van der Waals surface area contributed by atoms with Crippen LogP contribution in [0.2, 0.25) is 0 Å². The number of cyclic esters (lactones) is 1. The first kappa shape index (κ1) is 26.1. The number of halogens is 1. The van der Waals surface area contributed by atoms with Crippen LogP contribution in [0.5, 0.6) is 0 Å². The lowest BCUT2D eigenvalue weighted by atomic mass is 10.0. The van der Waals surface area contributed by atoms with Gasteiger partial charge in [-0.05, 0) is 35.9 Å². The number of hydrogen-bond acceptors (Lipinski definition) is 6. The maximum Gasteiger partial charge on any atom is 0.414 e. The zero-order chi connectivity index (χ0) is 28.2. The maximum absolute atomic E-state index is 13.6. The molecular formula is C28H22FN5O6. The first-order valence-electron chi connectivity index (χ1n) is 12.1. The number of carbonyl (C=O) groups excluding carboxylic acids is 3. The van der Waals surface area contributed by atoms with Crippen LogP contribution in [0.3, 0.4) is 0 Å². The number of Topliss-reactive ketones (excluding diaryl/α,β-unsaturated/α-hetero) is 1. The number of hydrogen-bond donors (Lipinski definition) is 4. The van der Waals surface area contributed by atoms with Gasteiger partial charge >= 0.3 is 12.2 Å². The third-order valence-corrected chi connectivity index (χ3v) is 6.14. The van der Waals surface area contributed by atoms with E-state index in [-0.39, 0.29) is 24.5 Å². The quantitative estimate of drug-likeness (QED) is 0.177. The van der Waals surface area contributed by atoms with Crippen molar-refractivity contribution >= 4 is 40.9 Å². The van der Waals surface area contributed by atoms with Gasteiger partial charge in [-0.2, -0.15) is 0 Å². The SMILES string of the molecule is O=C(O)Nc1cc(N2CCOC2=O)c(-c2ccc(F)cc2)cc1NC(=O)CC(=O)c1cccc(-c2ncc[nH]2)c1. The Bertz CT molecular complexity index is 1600. The largest absolute Gasteiger partial charge is 0.465 e. The summed E-state index contributed by atoms with van der Waals surface area (Å²) in [5, 5.41) is 14.2. The molecule has 0 bridgehead atoms. The molecule has 5 rings (SSSR count). The highest BCUT2D eigenvalue weighted by Crippen LogP contribution is 2.39. The molecular weight excluding hydrogens is 521 g/mol. The maximum atomic E-state index is 13.6. The molecule has 4 aromatic rings. The smallest absolute Gasteiger partial charge is 0.414 e. The van der Waals surface area contributed by atoms with E-state index in [2.05, 4.69) is 20.6 Å². The van der Waals surface area contributed by atoms with Gasteiger partial charge in [0.2, 0.25) is 5.91 Å². The standard InChI is InChI=1S/C28H22FN5O6/c29-19-6-4-16(5-7-19)20-13-21(22(33-27(37)38)14-23(20)34-10-11-40-28(34)39)32-25(36)15-24(35)17-2-1-3-18(12-17)26-30-8-9-31-26/h1-9,12-14,33H,10-11,15H2,(H,30,31)(H,32,36)(H,37,38). The molecule has 1 saturated heterocycles. The number of imidazole rings is 1. The van der Waals surface area contributed by atoms with E-state index < -0.39 is 36.1 Å². The first-order chi connectivity index (χ1) is 19.3. The lowest BCUT2D eigenvalue weighted by Gasteiger charge is -2.21. The summed E-state index contributed by atoms with van der Waals surface area (Å²) < 4.78 is 18.7. The Morgan fingerprint density at radius 1 is 1.02 bits per heavy atom. The predicted molar refractivity (Wildman–Crippen MR) is 144 cm³/mol. The normalized spacial score (nSPS) is 12.6. The van der Waals surface area contributed by atoms with E-state index in [1.54, 1.807) is 36.7 Å². The van der Waals surface area contributed by atoms with Crippen LogP contribution < -0.4 is 15.5 Å². The van der Waals surface area contributed by atoms with E-state index in [9.17, 15) is 28.7 Å². The Balaban J connectivity index is 1.46. The van der Waals surface area contributed by atoms with Crippen molar-refractivity contribution in [1.29, 1.82) is 0 Å². The molecule has 2 heterocycles. The molecule has 3 amide bonds. The Morgan fingerprint density at radius 2 is 1.80 bits per heavy atom. The minimum atomic E-state index is -1.41. The van der Waals surface area contributed by atoms with Crippen molar-refractivity contribution in [3.8, 4) is 22.5 Å². The molecule has 202 valence electrons.